The van der Waals surface area contributed by atoms with Gasteiger partial charge in [-0.2, -0.15) is 0 Å². The molecule has 2 aromatic carbocycles. The van der Waals surface area contributed by atoms with Crippen LogP contribution in [0.4, 0.5) is 0 Å². The molecule has 188 valence electrons. The summed E-state index contributed by atoms with van der Waals surface area (Å²) in [4.78, 5) is 19.4. The lowest BCUT2D eigenvalue weighted by atomic mass is 10.1. The number of fused-ring (bicyclic) bond motifs is 1. The summed E-state index contributed by atoms with van der Waals surface area (Å²) in [5, 5.41) is 1.29. The van der Waals surface area contributed by atoms with E-state index in [1.807, 2.05) is 54.0 Å². The van der Waals surface area contributed by atoms with Crippen molar-refractivity contribution in [2.45, 2.75) is 32.0 Å². The second kappa shape index (κ2) is 10.4. The summed E-state index contributed by atoms with van der Waals surface area (Å²) < 4.78 is 15.4. The second-order valence-electron chi connectivity index (χ2n) is 8.93. The molecule has 0 unspecified atom stereocenters. The normalized spacial score (nSPS) is 15.8. The number of rotatable bonds is 7. The van der Waals surface area contributed by atoms with Crippen molar-refractivity contribution in [3.63, 3.8) is 0 Å². The molecule has 7 nitrogen and oxygen atoms in total. The van der Waals surface area contributed by atoms with Crippen molar-refractivity contribution < 1.29 is 14.3 Å². The number of ether oxygens (including phenoxy) is 2. The van der Waals surface area contributed by atoms with E-state index in [1.54, 1.807) is 6.33 Å². The summed E-state index contributed by atoms with van der Waals surface area (Å²) in [7, 11) is 2.12. The van der Waals surface area contributed by atoms with Crippen LogP contribution in [-0.4, -0.2) is 46.6 Å². The van der Waals surface area contributed by atoms with Gasteiger partial charge in [-0.3, -0.25) is 9.36 Å². The predicted molar refractivity (Wildman–Crippen MR) is 147 cm³/mol. The molecule has 0 spiro atoms. The molecule has 3 heterocycles. The molecule has 1 aliphatic heterocycles. The fourth-order valence-electron chi connectivity index (χ4n) is 4.37. The van der Waals surface area contributed by atoms with Gasteiger partial charge in [0, 0.05) is 29.2 Å². The van der Waals surface area contributed by atoms with E-state index in [-0.39, 0.29) is 6.10 Å². The molecule has 1 aliphatic rings. The maximum Gasteiger partial charge on any atom is 0.262 e. The quantitative estimate of drug-likeness (QED) is 0.277. The van der Waals surface area contributed by atoms with Crippen molar-refractivity contribution in [2.24, 2.45) is 5.73 Å². The highest BCUT2D eigenvalue weighted by atomic mass is 79.9. The molecule has 36 heavy (non-hydrogen) atoms. The molecule has 1 fully saturated rings. The zero-order chi connectivity index (χ0) is 25.4. The monoisotopic (exact) mass is 588 g/mol. The SMILES string of the molecule is C[C@@H](Oc1cc(-n2cnc3ccc(Br)cc32)sc1C(N)=O)c1cccc(OC2CCN(C)CC2)c1Cl. The maximum atomic E-state index is 12.3. The smallest absolute Gasteiger partial charge is 0.262 e. The Bertz CT molecular complexity index is 1410. The van der Waals surface area contributed by atoms with E-state index < -0.39 is 12.0 Å². The van der Waals surface area contributed by atoms with Gasteiger partial charge >= 0.3 is 0 Å². The van der Waals surface area contributed by atoms with Crippen LogP contribution in [0, 0.1) is 0 Å². The van der Waals surface area contributed by atoms with E-state index in [1.165, 1.54) is 11.3 Å². The maximum absolute atomic E-state index is 12.3. The summed E-state index contributed by atoms with van der Waals surface area (Å²) >= 11 is 11.5. The van der Waals surface area contributed by atoms with Crippen molar-refractivity contribution in [3.8, 4) is 16.5 Å². The molecule has 4 aromatic rings. The second-order valence-corrected chi connectivity index (χ2v) is 11.3. The number of imidazole rings is 1. The molecule has 0 aliphatic carbocycles. The number of halogens is 2. The Morgan fingerprint density at radius 1 is 1.22 bits per heavy atom. The van der Waals surface area contributed by atoms with E-state index in [2.05, 4.69) is 32.9 Å². The third kappa shape index (κ3) is 5.11. The van der Waals surface area contributed by atoms with Gasteiger partial charge in [0.05, 0.1) is 16.1 Å². The summed E-state index contributed by atoms with van der Waals surface area (Å²) in [6.07, 6.45) is 3.34. The molecule has 1 amide bonds. The number of hydrogen-bond donors (Lipinski definition) is 1. The number of piperidine rings is 1. The number of hydrogen-bond acceptors (Lipinski definition) is 6. The van der Waals surface area contributed by atoms with Gasteiger partial charge in [0.1, 0.15) is 39.9 Å². The van der Waals surface area contributed by atoms with Crippen LogP contribution in [0.1, 0.15) is 41.1 Å². The highest BCUT2D eigenvalue weighted by molar-refractivity contribution is 9.10. The molecular formula is C26H26BrClN4O3S. The number of amides is 1. The third-order valence-electron chi connectivity index (χ3n) is 6.35. The Kier molecular flexibility index (Phi) is 7.25. The van der Waals surface area contributed by atoms with Crippen molar-refractivity contribution in [1.29, 1.82) is 0 Å². The molecule has 10 heteroatoms. The van der Waals surface area contributed by atoms with Crippen molar-refractivity contribution in [1.82, 2.24) is 14.5 Å². The first kappa shape index (κ1) is 25.1. The number of likely N-dealkylation sites (tertiary alicyclic amines) is 1. The predicted octanol–water partition coefficient (Wildman–Crippen LogP) is 6.21. The minimum atomic E-state index is -0.551. The topological polar surface area (TPSA) is 82.6 Å². The van der Waals surface area contributed by atoms with E-state index in [0.717, 1.165) is 52.0 Å². The van der Waals surface area contributed by atoms with E-state index in [4.69, 9.17) is 26.8 Å². The van der Waals surface area contributed by atoms with Gasteiger partial charge in [-0.15, -0.1) is 11.3 Å². The van der Waals surface area contributed by atoms with E-state index >= 15 is 0 Å². The van der Waals surface area contributed by atoms with Crippen LogP contribution >= 0.6 is 38.9 Å². The number of nitrogens with two attached hydrogens (primary N) is 1. The molecule has 1 atom stereocenters. The number of nitrogens with zero attached hydrogens (tertiary/aromatic N) is 3. The molecule has 2 N–H and O–H groups in total. The molecular weight excluding hydrogens is 564 g/mol. The number of carbonyl (C=O) groups excluding carboxylic acids is 1. The van der Waals surface area contributed by atoms with Crippen LogP contribution < -0.4 is 15.2 Å². The van der Waals surface area contributed by atoms with Crippen molar-refractivity contribution in [2.75, 3.05) is 20.1 Å². The number of thiophene rings is 1. The number of carbonyl (C=O) groups is 1. The van der Waals surface area contributed by atoms with Crippen LogP contribution in [0.2, 0.25) is 5.02 Å². The summed E-state index contributed by atoms with van der Waals surface area (Å²) in [6.45, 7) is 3.90. The van der Waals surface area contributed by atoms with Gasteiger partial charge in [0.25, 0.3) is 5.91 Å². The molecule has 2 aromatic heterocycles. The average molecular weight is 590 g/mol. The van der Waals surface area contributed by atoms with Crippen LogP contribution in [0.25, 0.3) is 16.0 Å². The van der Waals surface area contributed by atoms with Crippen molar-refractivity contribution in [3.05, 3.63) is 68.7 Å². The summed E-state index contributed by atoms with van der Waals surface area (Å²) in [5.74, 6) is 0.504. The Labute approximate surface area is 226 Å². The Morgan fingerprint density at radius 2 is 2.00 bits per heavy atom. The highest BCUT2D eigenvalue weighted by Gasteiger charge is 2.24. The zero-order valence-electron chi connectivity index (χ0n) is 19.9. The number of primary amides is 1. The fraction of sp³-hybridized carbons (Fsp3) is 0.308. The van der Waals surface area contributed by atoms with Gasteiger partial charge in [0.2, 0.25) is 0 Å². The van der Waals surface area contributed by atoms with Crippen LogP contribution in [0.3, 0.4) is 0 Å². The summed E-state index contributed by atoms with van der Waals surface area (Å²) in [6, 6.07) is 13.4. The lowest BCUT2D eigenvalue weighted by Gasteiger charge is -2.30. The Morgan fingerprint density at radius 3 is 2.75 bits per heavy atom. The first-order valence-corrected chi connectivity index (χ1v) is 13.7. The van der Waals surface area contributed by atoms with Gasteiger partial charge in [0.15, 0.2) is 0 Å². The largest absolute Gasteiger partial charge is 0.489 e. The minimum Gasteiger partial charge on any atom is -0.489 e. The first-order valence-electron chi connectivity index (χ1n) is 11.7. The third-order valence-corrected chi connectivity index (χ3v) is 8.38. The first-order chi connectivity index (χ1) is 17.3. The average Bonchev–Trinajstić information content (AvgIpc) is 3.45. The van der Waals surface area contributed by atoms with Crippen LogP contribution in [0.15, 0.2) is 53.3 Å². The molecule has 0 bridgehead atoms. The van der Waals surface area contributed by atoms with Crippen LogP contribution in [-0.2, 0) is 0 Å². The van der Waals surface area contributed by atoms with Crippen LogP contribution in [0.5, 0.6) is 11.5 Å². The Balaban J connectivity index is 1.41. The molecule has 0 radical (unpaired) electrons. The molecule has 5 rings (SSSR count). The molecule has 1 saturated heterocycles. The zero-order valence-corrected chi connectivity index (χ0v) is 23.1. The lowest BCUT2D eigenvalue weighted by molar-refractivity contribution is 0.0998. The van der Waals surface area contributed by atoms with Gasteiger partial charge in [-0.25, -0.2) is 4.98 Å². The lowest BCUT2D eigenvalue weighted by Crippen LogP contribution is -2.35. The standard InChI is InChI=1S/C26H26BrClN4O3S/c1-15(18-4-3-5-21(24(18)28)35-17-8-10-31(2)11-9-17)34-22-13-23(36-25(22)26(29)33)32-14-30-19-7-6-16(27)12-20(19)32/h3-7,12-15,17H,8-11H2,1-2H3,(H2,29,33)/t15-/m1/s1. The van der Waals surface area contributed by atoms with Gasteiger partial charge < -0.3 is 20.1 Å². The highest BCUT2D eigenvalue weighted by Crippen LogP contribution is 2.39. The van der Waals surface area contributed by atoms with E-state index in [9.17, 15) is 4.79 Å². The summed E-state index contributed by atoms with van der Waals surface area (Å²) in [5.41, 5.74) is 8.24. The number of benzene rings is 2. The fourth-order valence-corrected chi connectivity index (χ4v) is 5.97. The van der Waals surface area contributed by atoms with Gasteiger partial charge in [-0.05, 0) is 51.1 Å². The Hall–Kier alpha value is -2.59. The van der Waals surface area contributed by atoms with Gasteiger partial charge in [-0.1, -0.05) is 39.7 Å². The van der Waals surface area contributed by atoms with E-state index in [0.29, 0.717) is 21.4 Å². The minimum absolute atomic E-state index is 0.135. The van der Waals surface area contributed by atoms with Crippen molar-refractivity contribution >= 4 is 55.8 Å². The molecule has 0 saturated carbocycles. The number of aromatic nitrogens is 2.